The summed E-state index contributed by atoms with van der Waals surface area (Å²) in [7, 11) is 1.72. The van der Waals surface area contributed by atoms with Crippen molar-refractivity contribution in [1.82, 2.24) is 5.32 Å². The largest absolute Gasteiger partial charge is 0.508 e. The van der Waals surface area contributed by atoms with Crippen LogP contribution in [-0.4, -0.2) is 23.8 Å². The molecule has 0 aliphatic heterocycles. The Labute approximate surface area is 95.8 Å². The molecule has 0 aliphatic rings. The van der Waals surface area contributed by atoms with E-state index in [-0.39, 0.29) is 5.75 Å². The van der Waals surface area contributed by atoms with E-state index in [2.05, 4.69) is 21.2 Å². The number of likely N-dealkylation sites (N-methyl/N-ethyl adjacent to an activating group) is 1. The molecule has 1 aromatic carbocycles. The number of nitrogens with one attached hydrogen (secondary N) is 1. The average Bonchev–Trinajstić information content (AvgIpc) is 2.11. The Morgan fingerprint density at radius 1 is 1.57 bits per heavy atom. The molecule has 14 heavy (non-hydrogen) atoms. The van der Waals surface area contributed by atoms with Crippen molar-refractivity contribution in [2.24, 2.45) is 0 Å². The first kappa shape index (κ1) is 11.8. The molecule has 1 unspecified atom stereocenters. The predicted molar refractivity (Wildman–Crippen MR) is 59.7 cm³/mol. The number of aliphatic hydroxyl groups is 1. The fourth-order valence-electron chi connectivity index (χ4n) is 1.12. The van der Waals surface area contributed by atoms with Gasteiger partial charge in [0.1, 0.15) is 5.75 Å². The lowest BCUT2D eigenvalue weighted by Gasteiger charge is -2.13. The first-order valence-corrected chi connectivity index (χ1v) is 5.24. The van der Waals surface area contributed by atoms with Crippen LogP contribution in [-0.2, 0) is 0 Å². The fraction of sp³-hybridized carbons (Fsp3) is 0.333. The van der Waals surface area contributed by atoms with Gasteiger partial charge in [-0.2, -0.15) is 0 Å². The molecule has 0 fully saturated rings. The summed E-state index contributed by atoms with van der Waals surface area (Å²) in [6.45, 7) is 0.367. The second kappa shape index (κ2) is 4.98. The molecule has 0 aromatic heterocycles. The van der Waals surface area contributed by atoms with Crippen LogP contribution in [0.2, 0.25) is 5.02 Å². The van der Waals surface area contributed by atoms with E-state index in [1.807, 2.05) is 0 Å². The molecule has 0 saturated heterocycles. The van der Waals surface area contributed by atoms with Crippen LogP contribution in [0.1, 0.15) is 11.7 Å². The molecule has 1 atom stereocenters. The highest BCUT2D eigenvalue weighted by Crippen LogP contribution is 2.33. The van der Waals surface area contributed by atoms with Crippen LogP contribution in [0.25, 0.3) is 0 Å². The highest BCUT2D eigenvalue weighted by Gasteiger charge is 2.13. The minimum absolute atomic E-state index is 0.0315. The highest BCUT2D eigenvalue weighted by atomic mass is 79.9. The zero-order valence-electron chi connectivity index (χ0n) is 7.59. The van der Waals surface area contributed by atoms with E-state index < -0.39 is 6.10 Å². The summed E-state index contributed by atoms with van der Waals surface area (Å²) in [5, 5.41) is 22.4. The molecular formula is C9H11BrClNO2. The number of hydrogen-bond acceptors (Lipinski definition) is 3. The van der Waals surface area contributed by atoms with E-state index in [1.54, 1.807) is 13.1 Å². The molecule has 0 bridgehead atoms. The lowest BCUT2D eigenvalue weighted by Crippen LogP contribution is -2.16. The maximum Gasteiger partial charge on any atom is 0.122 e. The third-order valence-electron chi connectivity index (χ3n) is 1.83. The van der Waals surface area contributed by atoms with Gasteiger partial charge in [0, 0.05) is 16.6 Å². The van der Waals surface area contributed by atoms with E-state index in [9.17, 15) is 10.2 Å². The van der Waals surface area contributed by atoms with Crippen LogP contribution in [0.5, 0.6) is 5.75 Å². The molecule has 0 aliphatic carbocycles. The van der Waals surface area contributed by atoms with Crippen molar-refractivity contribution < 1.29 is 10.2 Å². The SMILES string of the molecule is CNCC(O)c1cc(Cl)c(Br)cc1O. The van der Waals surface area contributed by atoms with Gasteiger partial charge in [-0.3, -0.25) is 0 Å². The molecule has 0 saturated carbocycles. The predicted octanol–water partition coefficient (Wildman–Crippen LogP) is 2.06. The summed E-state index contributed by atoms with van der Waals surface area (Å²) in [5.74, 6) is 0.0315. The number of aromatic hydroxyl groups is 1. The normalized spacial score (nSPS) is 12.9. The molecule has 78 valence electrons. The summed E-state index contributed by atoms with van der Waals surface area (Å²) in [6.07, 6.45) is -0.759. The van der Waals surface area contributed by atoms with Gasteiger partial charge in [0.25, 0.3) is 0 Å². The first-order valence-electron chi connectivity index (χ1n) is 4.06. The van der Waals surface area contributed by atoms with Crippen molar-refractivity contribution in [3.05, 3.63) is 27.2 Å². The molecule has 1 aromatic rings. The third kappa shape index (κ3) is 2.60. The summed E-state index contributed by atoms with van der Waals surface area (Å²) in [5.41, 5.74) is 0.424. The van der Waals surface area contributed by atoms with E-state index in [1.165, 1.54) is 6.07 Å². The summed E-state index contributed by atoms with van der Waals surface area (Å²) >= 11 is 9.02. The van der Waals surface area contributed by atoms with Crippen LogP contribution < -0.4 is 5.32 Å². The lowest BCUT2D eigenvalue weighted by atomic mass is 10.1. The molecule has 1 rings (SSSR count). The average molecular weight is 281 g/mol. The maximum absolute atomic E-state index is 9.62. The molecule has 0 heterocycles. The van der Waals surface area contributed by atoms with Gasteiger partial charge in [-0.15, -0.1) is 0 Å². The molecule has 3 N–H and O–H groups in total. The second-order valence-electron chi connectivity index (χ2n) is 2.90. The number of rotatable bonds is 3. The Bertz CT molecular complexity index is 333. The lowest BCUT2D eigenvalue weighted by molar-refractivity contribution is 0.174. The number of halogens is 2. The minimum atomic E-state index is -0.759. The maximum atomic E-state index is 9.62. The second-order valence-corrected chi connectivity index (χ2v) is 4.16. The first-order chi connectivity index (χ1) is 6.56. The van der Waals surface area contributed by atoms with Crippen LogP contribution in [0, 0.1) is 0 Å². The molecule has 0 amide bonds. The zero-order chi connectivity index (χ0) is 10.7. The quantitative estimate of drug-likeness (QED) is 0.794. The number of hydrogen-bond donors (Lipinski definition) is 3. The number of phenols is 1. The minimum Gasteiger partial charge on any atom is -0.508 e. The smallest absolute Gasteiger partial charge is 0.122 e. The summed E-state index contributed by atoms with van der Waals surface area (Å²) in [4.78, 5) is 0. The van der Waals surface area contributed by atoms with Gasteiger partial charge in [-0.25, -0.2) is 0 Å². The van der Waals surface area contributed by atoms with E-state index in [0.29, 0.717) is 21.6 Å². The van der Waals surface area contributed by atoms with Gasteiger partial charge in [0.05, 0.1) is 11.1 Å². The van der Waals surface area contributed by atoms with Crippen LogP contribution in [0.4, 0.5) is 0 Å². The van der Waals surface area contributed by atoms with E-state index in [4.69, 9.17) is 11.6 Å². The van der Waals surface area contributed by atoms with Gasteiger partial charge >= 0.3 is 0 Å². The molecule has 5 heteroatoms. The molecule has 0 radical (unpaired) electrons. The van der Waals surface area contributed by atoms with Crippen LogP contribution in [0.3, 0.4) is 0 Å². The Morgan fingerprint density at radius 2 is 2.21 bits per heavy atom. The molecular weight excluding hydrogens is 269 g/mol. The monoisotopic (exact) mass is 279 g/mol. The standard InChI is InChI=1S/C9H11BrClNO2/c1-12-4-9(14)5-2-7(11)6(10)3-8(5)13/h2-3,9,12-14H,4H2,1H3. The topological polar surface area (TPSA) is 52.5 Å². The third-order valence-corrected chi connectivity index (χ3v) is 3.02. The van der Waals surface area contributed by atoms with Crippen molar-refractivity contribution >= 4 is 27.5 Å². The van der Waals surface area contributed by atoms with E-state index >= 15 is 0 Å². The van der Waals surface area contributed by atoms with Gasteiger partial charge in [0.15, 0.2) is 0 Å². The molecule has 0 spiro atoms. The number of aliphatic hydroxyl groups excluding tert-OH is 1. The van der Waals surface area contributed by atoms with Crippen molar-refractivity contribution in [3.8, 4) is 5.75 Å². The summed E-state index contributed by atoms with van der Waals surface area (Å²) in [6, 6.07) is 3.01. The van der Waals surface area contributed by atoms with E-state index in [0.717, 1.165) is 0 Å². The Hall–Kier alpha value is -0.290. The Balaban J connectivity index is 3.02. The van der Waals surface area contributed by atoms with Gasteiger partial charge in [-0.1, -0.05) is 11.6 Å². The summed E-state index contributed by atoms with van der Waals surface area (Å²) < 4.78 is 0.608. The van der Waals surface area contributed by atoms with Crippen molar-refractivity contribution in [3.63, 3.8) is 0 Å². The van der Waals surface area contributed by atoms with Crippen LogP contribution >= 0.6 is 27.5 Å². The van der Waals surface area contributed by atoms with Gasteiger partial charge in [-0.05, 0) is 35.1 Å². The van der Waals surface area contributed by atoms with Crippen molar-refractivity contribution in [2.45, 2.75) is 6.10 Å². The zero-order valence-corrected chi connectivity index (χ0v) is 9.93. The number of phenolic OH excluding ortho intramolecular Hbond substituents is 1. The van der Waals surface area contributed by atoms with Crippen molar-refractivity contribution in [2.75, 3.05) is 13.6 Å². The van der Waals surface area contributed by atoms with Crippen LogP contribution in [0.15, 0.2) is 16.6 Å². The fourth-order valence-corrected chi connectivity index (χ4v) is 1.63. The highest BCUT2D eigenvalue weighted by molar-refractivity contribution is 9.10. The van der Waals surface area contributed by atoms with Crippen molar-refractivity contribution in [1.29, 1.82) is 0 Å². The van der Waals surface area contributed by atoms with Gasteiger partial charge in [0.2, 0.25) is 0 Å². The Morgan fingerprint density at radius 3 is 2.79 bits per heavy atom. The van der Waals surface area contributed by atoms with Gasteiger partial charge < -0.3 is 15.5 Å². The Kier molecular flexibility index (Phi) is 4.19. The number of benzene rings is 1. The molecule has 3 nitrogen and oxygen atoms in total.